The first kappa shape index (κ1) is 14.9. The Labute approximate surface area is 120 Å². The first-order valence-corrected chi connectivity index (χ1v) is 7.43. The lowest BCUT2D eigenvalue weighted by Crippen LogP contribution is -2.31. The number of carbonyl (C=O) groups is 1. The number of aromatic nitrogens is 4. The molecule has 0 aliphatic rings. The maximum Gasteiger partial charge on any atom is 0.285 e. The van der Waals surface area contributed by atoms with E-state index in [9.17, 15) is 13.2 Å². The van der Waals surface area contributed by atoms with Crippen molar-refractivity contribution in [3.05, 3.63) is 30.1 Å². The molecule has 0 unspecified atom stereocenters. The summed E-state index contributed by atoms with van der Waals surface area (Å²) < 4.78 is 31.0. The molecule has 0 bridgehead atoms. The molecule has 0 aliphatic carbocycles. The molecule has 0 aromatic carbocycles. The van der Waals surface area contributed by atoms with Gasteiger partial charge < -0.3 is 4.74 Å². The van der Waals surface area contributed by atoms with E-state index < -0.39 is 15.9 Å². The summed E-state index contributed by atoms with van der Waals surface area (Å²) in [6.07, 6.45) is 2.23. The van der Waals surface area contributed by atoms with Gasteiger partial charge in [0, 0.05) is 6.20 Å². The predicted molar refractivity (Wildman–Crippen MR) is 71.0 cm³/mol. The number of aromatic amines is 1. The summed E-state index contributed by atoms with van der Waals surface area (Å²) in [5.41, 5.74) is 0.0123. The highest BCUT2D eigenvalue weighted by Gasteiger charge is 2.23. The Bertz CT molecular complexity index is 727. The molecule has 2 aromatic heterocycles. The van der Waals surface area contributed by atoms with Crippen LogP contribution in [0.15, 0.2) is 29.6 Å². The zero-order chi connectivity index (χ0) is 15.5. The van der Waals surface area contributed by atoms with Crippen molar-refractivity contribution in [2.24, 2.45) is 0 Å². The minimum absolute atomic E-state index is 0.0123. The number of sulfonamides is 1. The van der Waals surface area contributed by atoms with Gasteiger partial charge in [-0.2, -0.15) is 18.7 Å². The van der Waals surface area contributed by atoms with Crippen LogP contribution in [-0.2, 0) is 10.0 Å². The highest BCUT2D eigenvalue weighted by atomic mass is 32.2. The molecule has 2 heterocycles. The van der Waals surface area contributed by atoms with E-state index in [0.717, 1.165) is 6.20 Å². The molecule has 21 heavy (non-hydrogen) atoms. The number of nitrogens with zero attached hydrogens (tertiary/aromatic N) is 3. The van der Waals surface area contributed by atoms with Crippen molar-refractivity contribution in [3.8, 4) is 5.88 Å². The molecular weight excluding hydrogens is 298 g/mol. The van der Waals surface area contributed by atoms with Gasteiger partial charge in [-0.3, -0.25) is 4.79 Å². The summed E-state index contributed by atoms with van der Waals surface area (Å²) in [5.74, 6) is -0.804. The van der Waals surface area contributed by atoms with Crippen LogP contribution >= 0.6 is 0 Å². The fourth-order valence-electron chi connectivity index (χ4n) is 1.43. The smallest absolute Gasteiger partial charge is 0.285 e. The van der Waals surface area contributed by atoms with Gasteiger partial charge in [-0.25, -0.2) is 9.71 Å². The van der Waals surface area contributed by atoms with Gasteiger partial charge in [-0.1, -0.05) is 0 Å². The Balaban J connectivity index is 2.25. The Morgan fingerprint density at radius 1 is 1.43 bits per heavy atom. The molecule has 0 spiro atoms. The first-order chi connectivity index (χ1) is 9.90. The average Bonchev–Trinajstić information content (AvgIpc) is 2.92. The molecule has 0 fully saturated rings. The van der Waals surface area contributed by atoms with Gasteiger partial charge >= 0.3 is 0 Å². The van der Waals surface area contributed by atoms with Crippen LogP contribution < -0.4 is 9.46 Å². The molecule has 0 saturated heterocycles. The summed E-state index contributed by atoms with van der Waals surface area (Å²) in [6, 6.07) is 2.92. The van der Waals surface area contributed by atoms with Crippen molar-refractivity contribution < 1.29 is 17.9 Å². The molecule has 1 amide bonds. The minimum atomic E-state index is -4.10. The number of amides is 1. The van der Waals surface area contributed by atoms with Gasteiger partial charge in [0.1, 0.15) is 5.56 Å². The van der Waals surface area contributed by atoms with Crippen molar-refractivity contribution in [1.29, 1.82) is 0 Å². The second-order valence-electron chi connectivity index (χ2n) is 4.27. The lowest BCUT2D eigenvalue weighted by atomic mass is 10.2. The van der Waals surface area contributed by atoms with Gasteiger partial charge in [0.25, 0.3) is 15.9 Å². The predicted octanol–water partition coefficient (Wildman–Crippen LogP) is 0.106. The van der Waals surface area contributed by atoms with Gasteiger partial charge in [0.15, 0.2) is 0 Å². The van der Waals surface area contributed by atoms with Crippen LogP contribution in [0.2, 0.25) is 0 Å². The number of rotatable bonds is 5. The third kappa shape index (κ3) is 3.54. The van der Waals surface area contributed by atoms with E-state index in [4.69, 9.17) is 4.74 Å². The SMILES string of the molecule is CC(C)Oc1ncccc1C(=O)NS(=O)(=O)c1cn[nH]n1. The van der Waals surface area contributed by atoms with Gasteiger partial charge in [-0.05, 0) is 26.0 Å². The molecule has 0 saturated carbocycles. The van der Waals surface area contributed by atoms with Crippen LogP contribution in [0, 0.1) is 0 Å². The Kier molecular flexibility index (Phi) is 4.17. The lowest BCUT2D eigenvalue weighted by Gasteiger charge is -2.12. The largest absolute Gasteiger partial charge is 0.474 e. The third-order valence-corrected chi connectivity index (χ3v) is 3.46. The van der Waals surface area contributed by atoms with E-state index in [1.807, 2.05) is 4.72 Å². The molecule has 0 radical (unpaired) electrons. The molecule has 10 heteroatoms. The highest BCUT2D eigenvalue weighted by Crippen LogP contribution is 2.16. The Morgan fingerprint density at radius 3 is 2.81 bits per heavy atom. The van der Waals surface area contributed by atoms with Gasteiger partial charge in [-0.15, -0.1) is 5.10 Å². The van der Waals surface area contributed by atoms with E-state index in [0.29, 0.717) is 0 Å². The quantitative estimate of drug-likeness (QED) is 0.802. The first-order valence-electron chi connectivity index (χ1n) is 5.95. The van der Waals surface area contributed by atoms with E-state index in [1.54, 1.807) is 13.8 Å². The Hall–Kier alpha value is -2.49. The number of hydrogen-bond acceptors (Lipinski definition) is 7. The molecule has 2 N–H and O–H groups in total. The summed E-state index contributed by atoms with van der Waals surface area (Å²) in [4.78, 5) is 16.0. The van der Waals surface area contributed by atoms with E-state index in [2.05, 4.69) is 20.4 Å². The van der Waals surface area contributed by atoms with Crippen molar-refractivity contribution in [2.75, 3.05) is 0 Å². The maximum absolute atomic E-state index is 12.1. The molecule has 0 aliphatic heterocycles. The summed E-state index contributed by atoms with van der Waals surface area (Å²) >= 11 is 0. The standard InChI is InChI=1S/C11H13N5O4S/c1-7(2)20-11-8(4-3-5-12-11)10(17)15-21(18,19)9-6-13-16-14-9/h3-7H,1-2H3,(H,15,17)(H,13,14,16). The topological polar surface area (TPSA) is 127 Å². The third-order valence-electron chi connectivity index (χ3n) is 2.26. The highest BCUT2D eigenvalue weighted by molar-refractivity contribution is 7.90. The molecule has 112 valence electrons. The van der Waals surface area contributed by atoms with Crippen LogP contribution in [-0.4, -0.2) is 40.8 Å². The minimum Gasteiger partial charge on any atom is -0.474 e. The van der Waals surface area contributed by atoms with E-state index >= 15 is 0 Å². The number of ether oxygens (including phenoxy) is 1. The van der Waals surface area contributed by atoms with Crippen LogP contribution in [0.3, 0.4) is 0 Å². The second-order valence-corrected chi connectivity index (χ2v) is 5.89. The van der Waals surface area contributed by atoms with Crippen molar-refractivity contribution in [2.45, 2.75) is 25.0 Å². The molecule has 9 nitrogen and oxygen atoms in total. The number of pyridine rings is 1. The van der Waals surface area contributed by atoms with Crippen LogP contribution in [0.5, 0.6) is 5.88 Å². The number of nitrogens with one attached hydrogen (secondary N) is 2. The monoisotopic (exact) mass is 311 g/mol. The fourth-order valence-corrected chi connectivity index (χ4v) is 2.24. The van der Waals surface area contributed by atoms with E-state index in [1.165, 1.54) is 18.3 Å². The fraction of sp³-hybridized carbons (Fsp3) is 0.273. The molecular formula is C11H13N5O4S. The lowest BCUT2D eigenvalue weighted by molar-refractivity contribution is 0.0974. The van der Waals surface area contributed by atoms with Crippen LogP contribution in [0.4, 0.5) is 0 Å². The average molecular weight is 311 g/mol. The maximum atomic E-state index is 12.1. The summed E-state index contributed by atoms with van der Waals surface area (Å²) in [5, 5.41) is 8.58. The molecule has 0 atom stereocenters. The summed E-state index contributed by atoms with van der Waals surface area (Å²) in [6.45, 7) is 3.53. The van der Waals surface area contributed by atoms with Crippen molar-refractivity contribution in [1.82, 2.24) is 25.1 Å². The molecule has 2 aromatic rings. The van der Waals surface area contributed by atoms with Gasteiger partial charge in [0.2, 0.25) is 10.9 Å². The zero-order valence-electron chi connectivity index (χ0n) is 11.3. The van der Waals surface area contributed by atoms with Crippen molar-refractivity contribution >= 4 is 15.9 Å². The zero-order valence-corrected chi connectivity index (χ0v) is 12.1. The number of H-pyrrole nitrogens is 1. The van der Waals surface area contributed by atoms with Gasteiger partial charge in [0.05, 0.1) is 12.3 Å². The Morgan fingerprint density at radius 2 is 2.19 bits per heavy atom. The van der Waals surface area contributed by atoms with Crippen molar-refractivity contribution in [3.63, 3.8) is 0 Å². The van der Waals surface area contributed by atoms with Crippen LogP contribution in [0.1, 0.15) is 24.2 Å². The number of hydrogen-bond donors (Lipinski definition) is 2. The molecule has 2 rings (SSSR count). The normalized spacial score (nSPS) is 11.4. The van der Waals surface area contributed by atoms with Crippen LogP contribution in [0.25, 0.3) is 0 Å². The number of carbonyl (C=O) groups excluding carboxylic acids is 1. The van der Waals surface area contributed by atoms with E-state index in [-0.39, 0.29) is 22.6 Å². The summed E-state index contributed by atoms with van der Waals surface area (Å²) in [7, 11) is -4.10. The second kappa shape index (κ2) is 5.87.